The maximum Gasteiger partial charge on any atom is 0.251 e. The SMILES string of the molecule is COc1ccc(C(=O)NCCN2CCCCC2=C2c3ccccc3C=Cc3ccccc32)cc1OC.Cl. The number of ether oxygens (including phenoxy) is 2. The van der Waals surface area contributed by atoms with Gasteiger partial charge in [0, 0.05) is 36.5 Å². The van der Waals surface area contributed by atoms with E-state index in [0.29, 0.717) is 23.6 Å². The number of rotatable bonds is 6. The first-order valence-electron chi connectivity index (χ1n) is 12.5. The molecule has 3 aromatic rings. The van der Waals surface area contributed by atoms with Crippen LogP contribution >= 0.6 is 12.4 Å². The van der Waals surface area contributed by atoms with Gasteiger partial charge in [0.25, 0.3) is 5.91 Å². The Labute approximate surface area is 225 Å². The molecule has 3 aromatic carbocycles. The number of amides is 1. The highest BCUT2D eigenvalue weighted by molar-refractivity contribution is 5.95. The standard InChI is InChI=1S/C31H32N2O3.ClH/c1-35-28-17-16-24(21-29(28)36-2)31(34)32-18-20-33-19-8-7-13-27(33)30-25-11-5-3-9-22(25)14-15-23-10-4-6-12-26(23)30;/h3-6,9-12,14-17,21H,7-8,13,18-20H2,1-2H3,(H,32,34);1H. The molecule has 1 aliphatic heterocycles. The lowest BCUT2D eigenvalue weighted by atomic mass is 9.89. The topological polar surface area (TPSA) is 50.8 Å². The zero-order valence-electron chi connectivity index (χ0n) is 21.3. The van der Waals surface area contributed by atoms with E-state index < -0.39 is 0 Å². The van der Waals surface area contributed by atoms with E-state index in [2.05, 4.69) is 70.9 Å². The number of piperidine rings is 1. The number of carbonyl (C=O) groups is 1. The van der Waals surface area contributed by atoms with E-state index in [1.807, 2.05) is 0 Å². The third-order valence-electron chi connectivity index (χ3n) is 6.98. The summed E-state index contributed by atoms with van der Waals surface area (Å²) >= 11 is 0. The molecule has 6 heteroatoms. The number of halogens is 1. The minimum absolute atomic E-state index is 0. The third-order valence-corrected chi connectivity index (χ3v) is 6.98. The number of benzene rings is 3. The summed E-state index contributed by atoms with van der Waals surface area (Å²) < 4.78 is 10.6. The average molecular weight is 517 g/mol. The molecule has 1 amide bonds. The number of nitrogens with zero attached hydrogens (tertiary/aromatic N) is 1. The fourth-order valence-corrected chi connectivity index (χ4v) is 5.18. The molecule has 1 heterocycles. The first-order valence-corrected chi connectivity index (χ1v) is 12.5. The summed E-state index contributed by atoms with van der Waals surface area (Å²) in [6, 6.07) is 22.5. The second-order valence-electron chi connectivity index (χ2n) is 9.10. The smallest absolute Gasteiger partial charge is 0.251 e. The van der Waals surface area contributed by atoms with Crippen LogP contribution in [0.5, 0.6) is 11.5 Å². The molecule has 1 aliphatic carbocycles. The minimum atomic E-state index is -0.114. The zero-order valence-corrected chi connectivity index (χ0v) is 22.1. The number of likely N-dealkylation sites (tertiary alicyclic amines) is 1. The molecular formula is C31H33ClN2O3. The van der Waals surface area contributed by atoms with Crippen LogP contribution < -0.4 is 14.8 Å². The summed E-state index contributed by atoms with van der Waals surface area (Å²) in [5.74, 6) is 1.04. The van der Waals surface area contributed by atoms with Gasteiger partial charge < -0.3 is 19.7 Å². The van der Waals surface area contributed by atoms with Gasteiger partial charge in [-0.15, -0.1) is 12.4 Å². The molecule has 192 valence electrons. The van der Waals surface area contributed by atoms with Crippen molar-refractivity contribution in [3.63, 3.8) is 0 Å². The first kappa shape index (κ1) is 26.4. The van der Waals surface area contributed by atoms with Gasteiger partial charge >= 0.3 is 0 Å². The van der Waals surface area contributed by atoms with Gasteiger partial charge in [-0.3, -0.25) is 4.79 Å². The van der Waals surface area contributed by atoms with Gasteiger partial charge in [0.1, 0.15) is 0 Å². The number of nitrogens with one attached hydrogen (secondary N) is 1. The second kappa shape index (κ2) is 12.0. The Morgan fingerprint density at radius 1 is 0.865 bits per heavy atom. The number of methoxy groups -OCH3 is 2. The van der Waals surface area contributed by atoms with E-state index in [1.165, 1.54) is 39.9 Å². The lowest BCUT2D eigenvalue weighted by molar-refractivity contribution is 0.0949. The van der Waals surface area contributed by atoms with Crippen molar-refractivity contribution >= 4 is 36.0 Å². The van der Waals surface area contributed by atoms with Crippen LogP contribution in [0.2, 0.25) is 0 Å². The Hall–Kier alpha value is -3.70. The molecule has 0 radical (unpaired) electrons. The van der Waals surface area contributed by atoms with Crippen LogP contribution in [-0.4, -0.2) is 44.7 Å². The summed E-state index contributed by atoms with van der Waals surface area (Å²) in [6.07, 6.45) is 7.80. The van der Waals surface area contributed by atoms with E-state index >= 15 is 0 Å². The Morgan fingerprint density at radius 2 is 1.51 bits per heavy atom. The van der Waals surface area contributed by atoms with Gasteiger partial charge in [-0.25, -0.2) is 0 Å². The largest absolute Gasteiger partial charge is 0.493 e. The predicted octanol–water partition coefficient (Wildman–Crippen LogP) is 6.28. The molecule has 2 aliphatic rings. The normalized spacial score (nSPS) is 14.2. The van der Waals surface area contributed by atoms with Gasteiger partial charge in [-0.2, -0.15) is 0 Å². The Bertz CT molecular complexity index is 1280. The third kappa shape index (κ3) is 5.52. The molecule has 5 nitrogen and oxygen atoms in total. The molecule has 5 rings (SSSR count). The van der Waals surface area contributed by atoms with Gasteiger partial charge in [0.15, 0.2) is 11.5 Å². The molecule has 0 spiro atoms. The number of carbonyl (C=O) groups excluding carboxylic acids is 1. The highest BCUT2D eigenvalue weighted by atomic mass is 35.5. The fraction of sp³-hybridized carbons (Fsp3) is 0.258. The number of allylic oxidation sites excluding steroid dienone is 1. The average Bonchev–Trinajstić information content (AvgIpc) is 3.10. The van der Waals surface area contributed by atoms with Crippen molar-refractivity contribution in [3.8, 4) is 11.5 Å². The van der Waals surface area contributed by atoms with Crippen molar-refractivity contribution in [2.24, 2.45) is 0 Å². The number of hydrogen-bond donors (Lipinski definition) is 1. The molecule has 1 N–H and O–H groups in total. The predicted molar refractivity (Wildman–Crippen MR) is 152 cm³/mol. The van der Waals surface area contributed by atoms with E-state index in [-0.39, 0.29) is 18.3 Å². The van der Waals surface area contributed by atoms with E-state index in [0.717, 1.165) is 25.9 Å². The van der Waals surface area contributed by atoms with Crippen molar-refractivity contribution < 1.29 is 14.3 Å². The molecule has 0 unspecified atom stereocenters. The van der Waals surface area contributed by atoms with Crippen LogP contribution in [0.15, 0.2) is 72.4 Å². The van der Waals surface area contributed by atoms with Gasteiger partial charge in [-0.1, -0.05) is 60.7 Å². The Morgan fingerprint density at radius 3 is 2.16 bits per heavy atom. The summed E-state index contributed by atoms with van der Waals surface area (Å²) in [4.78, 5) is 15.3. The van der Waals surface area contributed by atoms with Crippen LogP contribution in [0.25, 0.3) is 17.7 Å². The number of fused-ring (bicyclic) bond motifs is 2. The van der Waals surface area contributed by atoms with Crippen molar-refractivity contribution in [2.75, 3.05) is 33.9 Å². The van der Waals surface area contributed by atoms with Crippen molar-refractivity contribution in [1.82, 2.24) is 10.2 Å². The lowest BCUT2D eigenvalue weighted by Crippen LogP contribution is -2.37. The minimum Gasteiger partial charge on any atom is -0.493 e. The Balaban J connectivity index is 0.00000320. The van der Waals surface area contributed by atoms with Crippen LogP contribution in [0.4, 0.5) is 0 Å². The molecule has 1 fully saturated rings. The Kier molecular flexibility index (Phi) is 8.57. The highest BCUT2D eigenvalue weighted by Gasteiger charge is 2.24. The molecule has 1 saturated heterocycles. The zero-order chi connectivity index (χ0) is 24.9. The van der Waals surface area contributed by atoms with Gasteiger partial charge in [0.05, 0.1) is 14.2 Å². The van der Waals surface area contributed by atoms with Crippen molar-refractivity contribution in [1.29, 1.82) is 0 Å². The van der Waals surface area contributed by atoms with Crippen LogP contribution in [0, 0.1) is 0 Å². The summed E-state index contributed by atoms with van der Waals surface area (Å²) in [6.45, 7) is 2.31. The summed E-state index contributed by atoms with van der Waals surface area (Å²) in [7, 11) is 3.16. The van der Waals surface area contributed by atoms with Crippen LogP contribution in [0.1, 0.15) is 51.9 Å². The van der Waals surface area contributed by atoms with Gasteiger partial charge in [-0.05, 0) is 59.7 Å². The van der Waals surface area contributed by atoms with E-state index in [9.17, 15) is 4.79 Å². The first-order chi connectivity index (χ1) is 17.7. The maximum absolute atomic E-state index is 12.9. The highest BCUT2D eigenvalue weighted by Crippen LogP contribution is 2.39. The summed E-state index contributed by atoms with van der Waals surface area (Å²) in [5, 5.41) is 3.10. The van der Waals surface area contributed by atoms with Crippen molar-refractivity contribution in [2.45, 2.75) is 19.3 Å². The van der Waals surface area contributed by atoms with Crippen LogP contribution in [-0.2, 0) is 0 Å². The lowest BCUT2D eigenvalue weighted by Gasteiger charge is -2.34. The van der Waals surface area contributed by atoms with E-state index in [1.54, 1.807) is 32.4 Å². The second-order valence-corrected chi connectivity index (χ2v) is 9.10. The molecule has 0 saturated carbocycles. The quantitative estimate of drug-likeness (QED) is 0.327. The summed E-state index contributed by atoms with van der Waals surface area (Å²) in [5.41, 5.74) is 8.27. The molecular weight excluding hydrogens is 484 g/mol. The molecule has 0 bridgehead atoms. The molecule has 0 aromatic heterocycles. The maximum atomic E-state index is 12.9. The molecule has 0 atom stereocenters. The van der Waals surface area contributed by atoms with Crippen molar-refractivity contribution in [3.05, 3.63) is 100 Å². The number of hydrogen-bond acceptors (Lipinski definition) is 4. The monoisotopic (exact) mass is 516 g/mol. The van der Waals surface area contributed by atoms with Gasteiger partial charge in [0.2, 0.25) is 0 Å². The van der Waals surface area contributed by atoms with Crippen LogP contribution in [0.3, 0.4) is 0 Å². The van der Waals surface area contributed by atoms with E-state index in [4.69, 9.17) is 9.47 Å². The fourth-order valence-electron chi connectivity index (χ4n) is 5.18. The molecule has 37 heavy (non-hydrogen) atoms.